The van der Waals surface area contributed by atoms with Gasteiger partial charge in [0.25, 0.3) is 0 Å². The van der Waals surface area contributed by atoms with E-state index in [1.165, 1.54) is 12.1 Å². The van der Waals surface area contributed by atoms with Crippen LogP contribution >= 0.6 is 15.9 Å². The predicted molar refractivity (Wildman–Crippen MR) is 47.5 cm³/mol. The van der Waals surface area contributed by atoms with Crippen LogP contribution in [0.5, 0.6) is 0 Å². The minimum absolute atomic E-state index is 0.172. The fourth-order valence-corrected chi connectivity index (χ4v) is 1.11. The Hall–Kier alpha value is -1.37. The van der Waals surface area contributed by atoms with Crippen molar-refractivity contribution >= 4 is 27.5 Å². The number of halogens is 1. The van der Waals surface area contributed by atoms with Gasteiger partial charge in [-0.1, -0.05) is 21.1 Å². The molecule has 0 aliphatic heterocycles. The monoisotopic (exact) mass is 248 g/mol. The van der Waals surface area contributed by atoms with Gasteiger partial charge in [-0.25, -0.2) is 0 Å². The minimum atomic E-state index is -0.660. The SMILES string of the molecule is O=[N+]([O-])c1ccc(/C(CBr)=N\O)o1. The van der Waals surface area contributed by atoms with Crippen LogP contribution in [0.15, 0.2) is 21.7 Å². The van der Waals surface area contributed by atoms with Gasteiger partial charge in [-0.2, -0.15) is 0 Å². The van der Waals surface area contributed by atoms with Gasteiger partial charge in [-0.05, 0) is 6.07 Å². The van der Waals surface area contributed by atoms with E-state index in [0.717, 1.165) is 0 Å². The van der Waals surface area contributed by atoms with E-state index in [0.29, 0.717) is 0 Å². The Kier molecular flexibility index (Phi) is 3.02. The molecule has 0 saturated heterocycles. The number of hydrogen-bond acceptors (Lipinski definition) is 5. The number of nitro groups is 1. The molecule has 1 N–H and O–H groups in total. The highest BCUT2D eigenvalue weighted by atomic mass is 79.9. The lowest BCUT2D eigenvalue weighted by Gasteiger charge is -1.91. The first-order chi connectivity index (χ1) is 6.19. The van der Waals surface area contributed by atoms with Crippen molar-refractivity contribution in [3.8, 4) is 0 Å². The summed E-state index contributed by atoms with van der Waals surface area (Å²) in [5.74, 6) is -0.205. The van der Waals surface area contributed by atoms with Gasteiger partial charge in [0.2, 0.25) is 0 Å². The smallest absolute Gasteiger partial charge is 0.411 e. The van der Waals surface area contributed by atoms with E-state index < -0.39 is 4.92 Å². The molecule has 0 aliphatic rings. The molecule has 0 aromatic carbocycles. The summed E-state index contributed by atoms with van der Waals surface area (Å²) in [4.78, 5) is 9.55. The highest BCUT2D eigenvalue weighted by Crippen LogP contribution is 2.16. The number of oxime groups is 1. The van der Waals surface area contributed by atoms with E-state index in [2.05, 4.69) is 21.1 Å². The van der Waals surface area contributed by atoms with Crippen molar-refractivity contribution in [2.45, 2.75) is 0 Å². The number of furan rings is 1. The third-order valence-electron chi connectivity index (χ3n) is 1.30. The van der Waals surface area contributed by atoms with E-state index in [-0.39, 0.29) is 22.7 Å². The first-order valence-corrected chi connectivity index (χ1v) is 4.32. The van der Waals surface area contributed by atoms with Crippen LogP contribution in [0.4, 0.5) is 5.88 Å². The van der Waals surface area contributed by atoms with Crippen LogP contribution in [-0.2, 0) is 0 Å². The van der Waals surface area contributed by atoms with E-state index in [9.17, 15) is 10.1 Å². The first-order valence-electron chi connectivity index (χ1n) is 3.20. The van der Waals surface area contributed by atoms with Crippen LogP contribution in [0, 0.1) is 10.1 Å². The molecule has 70 valence electrons. The molecule has 1 rings (SSSR count). The molecule has 0 atom stereocenters. The molecule has 0 radical (unpaired) electrons. The Bertz CT molecular complexity index is 346. The molecule has 0 bridgehead atoms. The minimum Gasteiger partial charge on any atom is -0.411 e. The standard InChI is InChI=1S/C6H5BrN2O4/c7-3-4(8-10)5-1-2-6(13-5)9(11)12/h1-2,10H,3H2/b8-4-. The number of rotatable bonds is 3. The summed E-state index contributed by atoms with van der Waals surface area (Å²) < 4.78 is 4.77. The normalized spacial score (nSPS) is 11.6. The molecule has 7 heteroatoms. The fourth-order valence-electron chi connectivity index (χ4n) is 0.723. The molecule has 0 aliphatic carbocycles. The van der Waals surface area contributed by atoms with Crippen molar-refractivity contribution < 1.29 is 14.5 Å². The third kappa shape index (κ3) is 2.05. The average molecular weight is 249 g/mol. The van der Waals surface area contributed by atoms with Gasteiger partial charge in [-0.3, -0.25) is 10.1 Å². The molecule has 1 aromatic heterocycles. The molecule has 13 heavy (non-hydrogen) atoms. The van der Waals surface area contributed by atoms with Crippen molar-refractivity contribution in [2.24, 2.45) is 5.16 Å². The van der Waals surface area contributed by atoms with Crippen LogP contribution in [0.3, 0.4) is 0 Å². The molecule has 0 saturated carbocycles. The van der Waals surface area contributed by atoms with Gasteiger partial charge >= 0.3 is 5.88 Å². The number of hydrogen-bond donors (Lipinski definition) is 1. The van der Waals surface area contributed by atoms with E-state index >= 15 is 0 Å². The zero-order valence-corrected chi connectivity index (χ0v) is 7.89. The Morgan fingerprint density at radius 1 is 1.77 bits per heavy atom. The molecule has 0 unspecified atom stereocenters. The summed E-state index contributed by atoms with van der Waals surface area (Å²) in [6.07, 6.45) is 0. The topological polar surface area (TPSA) is 88.9 Å². The summed E-state index contributed by atoms with van der Waals surface area (Å²) in [5.41, 5.74) is 0.202. The van der Waals surface area contributed by atoms with Crippen molar-refractivity contribution in [3.05, 3.63) is 28.0 Å². The Morgan fingerprint density at radius 3 is 2.85 bits per heavy atom. The molecule has 6 nitrogen and oxygen atoms in total. The van der Waals surface area contributed by atoms with Crippen LogP contribution in [-0.4, -0.2) is 21.2 Å². The highest BCUT2D eigenvalue weighted by molar-refractivity contribution is 9.09. The van der Waals surface area contributed by atoms with E-state index in [1.54, 1.807) is 0 Å². The second-order valence-corrected chi connectivity index (χ2v) is 2.64. The maximum absolute atomic E-state index is 10.2. The average Bonchev–Trinajstić information content (AvgIpc) is 2.56. The molecule has 1 aromatic rings. The van der Waals surface area contributed by atoms with Gasteiger partial charge in [0.15, 0.2) is 5.76 Å². The van der Waals surface area contributed by atoms with Crippen LogP contribution in [0.2, 0.25) is 0 Å². The van der Waals surface area contributed by atoms with Crippen LogP contribution in [0.25, 0.3) is 0 Å². The lowest BCUT2D eigenvalue weighted by molar-refractivity contribution is -0.402. The molecule has 0 spiro atoms. The highest BCUT2D eigenvalue weighted by Gasteiger charge is 2.15. The van der Waals surface area contributed by atoms with Gasteiger partial charge in [0, 0.05) is 0 Å². The second-order valence-electron chi connectivity index (χ2n) is 2.08. The van der Waals surface area contributed by atoms with Gasteiger partial charge in [0.05, 0.1) is 11.4 Å². The second kappa shape index (κ2) is 4.04. The van der Waals surface area contributed by atoms with Crippen LogP contribution in [0.1, 0.15) is 5.76 Å². The lowest BCUT2D eigenvalue weighted by Crippen LogP contribution is -1.99. The Labute approximate surface area is 81.1 Å². The van der Waals surface area contributed by atoms with Crippen molar-refractivity contribution in [3.63, 3.8) is 0 Å². The Balaban J connectivity index is 2.97. The van der Waals surface area contributed by atoms with Gasteiger partial charge in [-0.15, -0.1) is 0 Å². The fraction of sp³-hybridized carbons (Fsp3) is 0.167. The molecule has 1 heterocycles. The first kappa shape index (κ1) is 9.72. The predicted octanol–water partition coefficient (Wildman–Crippen LogP) is 1.76. The lowest BCUT2D eigenvalue weighted by atomic mass is 10.3. The van der Waals surface area contributed by atoms with Crippen molar-refractivity contribution in [1.29, 1.82) is 0 Å². The quantitative estimate of drug-likeness (QED) is 0.290. The Morgan fingerprint density at radius 2 is 2.46 bits per heavy atom. The molecule has 0 amide bonds. The molecular formula is C6H5BrN2O4. The zero-order valence-electron chi connectivity index (χ0n) is 6.31. The summed E-state index contributed by atoms with van der Waals surface area (Å²) in [7, 11) is 0. The van der Waals surface area contributed by atoms with Crippen LogP contribution < -0.4 is 0 Å². The molecular weight excluding hydrogens is 244 g/mol. The van der Waals surface area contributed by atoms with E-state index in [1.807, 2.05) is 0 Å². The zero-order chi connectivity index (χ0) is 9.84. The van der Waals surface area contributed by atoms with Crippen molar-refractivity contribution in [1.82, 2.24) is 0 Å². The van der Waals surface area contributed by atoms with Crippen molar-refractivity contribution in [2.75, 3.05) is 5.33 Å². The summed E-state index contributed by atoms with van der Waals surface area (Å²) in [5, 5.41) is 21.8. The number of alkyl halides is 1. The maximum Gasteiger partial charge on any atom is 0.433 e. The maximum atomic E-state index is 10.2. The largest absolute Gasteiger partial charge is 0.433 e. The number of nitrogens with zero attached hydrogens (tertiary/aromatic N) is 2. The summed E-state index contributed by atoms with van der Waals surface area (Å²) >= 11 is 3.04. The summed E-state index contributed by atoms with van der Waals surface area (Å²) in [6.45, 7) is 0. The third-order valence-corrected chi connectivity index (χ3v) is 1.83. The van der Waals surface area contributed by atoms with E-state index in [4.69, 9.17) is 9.62 Å². The van der Waals surface area contributed by atoms with Gasteiger partial charge in [0.1, 0.15) is 10.6 Å². The molecule has 0 fully saturated rings. The summed E-state index contributed by atoms with van der Waals surface area (Å²) in [6, 6.07) is 2.57. The van der Waals surface area contributed by atoms with Gasteiger partial charge < -0.3 is 9.62 Å².